The molecular formula is C42H50ClN5O3. The number of nitrogens with zero attached hydrogens (tertiary/aromatic N) is 3. The summed E-state index contributed by atoms with van der Waals surface area (Å²) in [5, 5.41) is 16.0. The molecule has 268 valence electrons. The molecule has 4 aromatic rings. The molecule has 5 rings (SSSR count). The summed E-state index contributed by atoms with van der Waals surface area (Å²) in [7, 11) is 0. The molecule has 0 atom stereocenters. The van der Waals surface area contributed by atoms with Gasteiger partial charge in [0.2, 0.25) is 5.91 Å². The molecule has 51 heavy (non-hydrogen) atoms. The normalized spacial score (nSPS) is 12.1. The number of amides is 1. The van der Waals surface area contributed by atoms with Crippen molar-refractivity contribution >= 4 is 23.2 Å². The van der Waals surface area contributed by atoms with Crippen molar-refractivity contribution < 1.29 is 14.3 Å². The predicted molar refractivity (Wildman–Crippen MR) is 207 cm³/mol. The fourth-order valence-electron chi connectivity index (χ4n) is 6.70. The van der Waals surface area contributed by atoms with E-state index in [0.717, 1.165) is 62.3 Å². The van der Waals surface area contributed by atoms with Crippen LogP contribution in [0.25, 0.3) is 11.1 Å². The summed E-state index contributed by atoms with van der Waals surface area (Å²) >= 11 is 6.81. The highest BCUT2D eigenvalue weighted by Gasteiger charge is 2.23. The average molecular weight is 708 g/mol. The largest absolute Gasteiger partial charge is 0.488 e. The number of nitriles is 1. The first-order chi connectivity index (χ1) is 24.8. The predicted octanol–water partition coefficient (Wildman–Crippen LogP) is 7.67. The summed E-state index contributed by atoms with van der Waals surface area (Å²) in [6, 6.07) is 26.4. The van der Waals surface area contributed by atoms with Crippen molar-refractivity contribution in [3.05, 3.63) is 111 Å². The van der Waals surface area contributed by atoms with Crippen LogP contribution in [0.4, 0.5) is 5.69 Å². The SMILES string of the molecule is CCN(CC)CCCN1CCc2c(-c3cccc(COc4cc(OCc5cccc(C#N)c5)c(CNCCNC(C)=O)cc4Cl)c3C)cccc21. The van der Waals surface area contributed by atoms with Crippen molar-refractivity contribution in [2.45, 2.75) is 60.3 Å². The lowest BCUT2D eigenvalue weighted by Gasteiger charge is -2.23. The second-order valence-corrected chi connectivity index (χ2v) is 13.4. The Hall–Kier alpha value is -4.55. The van der Waals surface area contributed by atoms with Crippen molar-refractivity contribution in [2.75, 3.05) is 50.7 Å². The van der Waals surface area contributed by atoms with Crippen LogP contribution in [0.2, 0.25) is 5.02 Å². The molecule has 0 fully saturated rings. The van der Waals surface area contributed by atoms with Gasteiger partial charge in [0.1, 0.15) is 24.7 Å². The van der Waals surface area contributed by atoms with Crippen molar-refractivity contribution in [2.24, 2.45) is 0 Å². The average Bonchev–Trinajstić information content (AvgIpc) is 3.56. The Morgan fingerprint density at radius 3 is 2.49 bits per heavy atom. The zero-order valence-corrected chi connectivity index (χ0v) is 31.1. The van der Waals surface area contributed by atoms with Gasteiger partial charge >= 0.3 is 0 Å². The Kier molecular flexibility index (Phi) is 13.8. The number of carbonyl (C=O) groups is 1. The van der Waals surface area contributed by atoms with Crippen molar-refractivity contribution in [1.82, 2.24) is 15.5 Å². The molecule has 0 unspecified atom stereocenters. The minimum absolute atomic E-state index is 0.0676. The monoisotopic (exact) mass is 707 g/mol. The minimum Gasteiger partial charge on any atom is -0.488 e. The molecule has 1 aliphatic heterocycles. The summed E-state index contributed by atoms with van der Waals surface area (Å²) < 4.78 is 12.7. The Balaban J connectivity index is 1.31. The Bertz CT molecular complexity index is 1830. The van der Waals surface area contributed by atoms with Crippen LogP contribution in [-0.4, -0.2) is 56.6 Å². The van der Waals surface area contributed by atoms with Crippen molar-refractivity contribution in [1.29, 1.82) is 5.26 Å². The highest BCUT2D eigenvalue weighted by molar-refractivity contribution is 6.32. The van der Waals surface area contributed by atoms with Crippen LogP contribution < -0.4 is 25.0 Å². The second kappa shape index (κ2) is 18.6. The lowest BCUT2D eigenvalue weighted by atomic mass is 9.92. The fourth-order valence-corrected chi connectivity index (χ4v) is 6.94. The summed E-state index contributed by atoms with van der Waals surface area (Å²) in [6.07, 6.45) is 2.21. The van der Waals surface area contributed by atoms with Gasteiger partial charge in [-0.15, -0.1) is 0 Å². The molecule has 0 radical (unpaired) electrons. The minimum atomic E-state index is -0.0676. The van der Waals surface area contributed by atoms with E-state index in [0.29, 0.717) is 48.3 Å². The van der Waals surface area contributed by atoms with Gasteiger partial charge in [0.05, 0.1) is 16.7 Å². The number of carbonyl (C=O) groups excluding carboxylic acids is 1. The maximum absolute atomic E-state index is 11.3. The van der Waals surface area contributed by atoms with Gasteiger partial charge in [-0.05, 0) is 97.0 Å². The number of fused-ring (bicyclic) bond motifs is 1. The van der Waals surface area contributed by atoms with E-state index >= 15 is 0 Å². The number of hydrogen-bond acceptors (Lipinski definition) is 7. The third-order valence-electron chi connectivity index (χ3n) is 9.60. The van der Waals surface area contributed by atoms with E-state index in [1.807, 2.05) is 30.3 Å². The lowest BCUT2D eigenvalue weighted by molar-refractivity contribution is -0.118. The van der Waals surface area contributed by atoms with Crippen LogP contribution in [0.1, 0.15) is 60.6 Å². The first-order valence-electron chi connectivity index (χ1n) is 18.0. The number of nitrogens with one attached hydrogen (secondary N) is 2. The molecule has 0 saturated carbocycles. The number of anilines is 1. The van der Waals surface area contributed by atoms with Gasteiger partial charge in [-0.2, -0.15) is 5.26 Å². The zero-order chi connectivity index (χ0) is 36.2. The summed E-state index contributed by atoms with van der Waals surface area (Å²) in [5.41, 5.74) is 9.92. The van der Waals surface area contributed by atoms with E-state index < -0.39 is 0 Å². The van der Waals surface area contributed by atoms with Crippen LogP contribution in [0.15, 0.2) is 72.8 Å². The van der Waals surface area contributed by atoms with Gasteiger partial charge in [0, 0.05) is 57.0 Å². The zero-order valence-electron chi connectivity index (χ0n) is 30.4. The number of rotatable bonds is 18. The molecule has 8 nitrogen and oxygen atoms in total. The molecular weight excluding hydrogens is 658 g/mol. The summed E-state index contributed by atoms with van der Waals surface area (Å²) in [6.45, 7) is 15.8. The molecule has 9 heteroatoms. The van der Waals surface area contributed by atoms with Gasteiger partial charge < -0.3 is 29.9 Å². The molecule has 0 aromatic heterocycles. The highest BCUT2D eigenvalue weighted by atomic mass is 35.5. The molecule has 0 bridgehead atoms. The van der Waals surface area contributed by atoms with Crippen LogP contribution in [0, 0.1) is 18.3 Å². The van der Waals surface area contributed by atoms with Crippen LogP contribution >= 0.6 is 11.6 Å². The summed E-state index contributed by atoms with van der Waals surface area (Å²) in [5.74, 6) is 1.10. The van der Waals surface area contributed by atoms with E-state index in [4.69, 9.17) is 21.1 Å². The van der Waals surface area contributed by atoms with E-state index in [1.54, 1.807) is 6.07 Å². The number of ether oxygens (including phenoxy) is 2. The third-order valence-corrected chi connectivity index (χ3v) is 9.89. The van der Waals surface area contributed by atoms with Crippen LogP contribution in [0.5, 0.6) is 11.5 Å². The van der Waals surface area contributed by atoms with Gasteiger partial charge in [-0.25, -0.2) is 0 Å². The maximum Gasteiger partial charge on any atom is 0.216 e. The first kappa shape index (κ1) is 37.7. The van der Waals surface area contributed by atoms with E-state index in [9.17, 15) is 10.1 Å². The van der Waals surface area contributed by atoms with Gasteiger partial charge in [-0.1, -0.05) is 67.9 Å². The number of halogens is 1. The van der Waals surface area contributed by atoms with E-state index in [2.05, 4.69) is 83.7 Å². The third kappa shape index (κ3) is 10.0. The molecule has 0 spiro atoms. The van der Waals surface area contributed by atoms with Crippen molar-refractivity contribution in [3.8, 4) is 28.7 Å². The van der Waals surface area contributed by atoms with E-state index in [1.165, 1.54) is 34.9 Å². The van der Waals surface area contributed by atoms with Gasteiger partial charge in [0.15, 0.2) is 0 Å². The Labute approximate surface area is 308 Å². The Morgan fingerprint density at radius 1 is 0.941 bits per heavy atom. The molecule has 1 aliphatic rings. The van der Waals surface area contributed by atoms with Gasteiger partial charge in [-0.3, -0.25) is 4.79 Å². The topological polar surface area (TPSA) is 89.9 Å². The van der Waals surface area contributed by atoms with Crippen LogP contribution in [0.3, 0.4) is 0 Å². The maximum atomic E-state index is 11.3. The lowest BCUT2D eigenvalue weighted by Crippen LogP contribution is -2.30. The molecule has 0 aliphatic carbocycles. The van der Waals surface area contributed by atoms with Crippen LogP contribution in [-0.2, 0) is 31.0 Å². The Morgan fingerprint density at radius 2 is 1.71 bits per heavy atom. The summed E-state index contributed by atoms with van der Waals surface area (Å²) in [4.78, 5) is 16.3. The quantitative estimate of drug-likeness (QED) is 0.103. The molecule has 4 aromatic carbocycles. The second-order valence-electron chi connectivity index (χ2n) is 13.0. The number of benzene rings is 4. The number of hydrogen-bond donors (Lipinski definition) is 2. The smallest absolute Gasteiger partial charge is 0.216 e. The molecule has 1 heterocycles. The van der Waals surface area contributed by atoms with Crippen molar-refractivity contribution in [3.63, 3.8) is 0 Å². The van der Waals surface area contributed by atoms with E-state index in [-0.39, 0.29) is 12.5 Å². The molecule has 1 amide bonds. The molecule has 0 saturated heterocycles. The van der Waals surface area contributed by atoms with Gasteiger partial charge in [0.25, 0.3) is 0 Å². The fraction of sp³-hybridized carbons (Fsp3) is 0.381. The molecule has 2 N–H and O–H groups in total. The first-order valence-corrected chi connectivity index (χ1v) is 18.4. The highest BCUT2D eigenvalue weighted by Crippen LogP contribution is 2.39. The standard InChI is InChI=1S/C42H50ClN5O3/c1-5-47(6-2)20-10-21-48-22-17-38-37(15-9-16-40(38)48)36-14-8-13-34(30(36)3)29-51-42-25-41(50-28-33-12-7-11-32(23-33)26-44)35(24-39(42)43)27-45-18-19-46-31(4)49/h7-9,11-16,23-25,45H,5-6,10,17-22,27-29H2,1-4H3,(H,46,49).